The Kier molecular flexibility index (Phi) is 5.40. The molecule has 1 rings (SSSR count). The smallest absolute Gasteiger partial charge is 0.308 e. The number of esters is 1. The van der Waals surface area contributed by atoms with E-state index in [0.717, 1.165) is 19.5 Å². The van der Waals surface area contributed by atoms with Crippen molar-refractivity contribution in [2.24, 2.45) is 0 Å². The van der Waals surface area contributed by atoms with Crippen LogP contribution < -0.4 is 0 Å². The molecule has 0 aromatic carbocycles. The van der Waals surface area contributed by atoms with Crippen LogP contribution in [0.4, 0.5) is 0 Å². The van der Waals surface area contributed by atoms with Crippen LogP contribution >= 0.6 is 0 Å². The van der Waals surface area contributed by atoms with E-state index in [-0.39, 0.29) is 12.4 Å². The van der Waals surface area contributed by atoms with Gasteiger partial charge in [0.2, 0.25) is 0 Å². The normalized spacial score (nSPS) is 26.9. The quantitative estimate of drug-likeness (QED) is 0.761. The predicted octanol–water partition coefficient (Wildman–Crippen LogP) is 1.56. The summed E-state index contributed by atoms with van der Waals surface area (Å²) in [6, 6.07) is 0.500. The van der Waals surface area contributed by atoms with Crippen LogP contribution in [0.3, 0.4) is 0 Å². The molecule has 0 aromatic rings. The zero-order chi connectivity index (χ0) is 12.9. The van der Waals surface area contributed by atoms with Crippen molar-refractivity contribution in [2.75, 3.05) is 19.7 Å². The van der Waals surface area contributed by atoms with E-state index in [1.54, 1.807) is 6.92 Å². The zero-order valence-corrected chi connectivity index (χ0v) is 11.2. The molecule has 1 aliphatic heterocycles. The van der Waals surface area contributed by atoms with Gasteiger partial charge in [-0.15, -0.1) is 0 Å². The third-order valence-electron chi connectivity index (χ3n) is 3.46. The van der Waals surface area contributed by atoms with E-state index < -0.39 is 5.60 Å². The van der Waals surface area contributed by atoms with Gasteiger partial charge in [-0.1, -0.05) is 0 Å². The zero-order valence-electron chi connectivity index (χ0n) is 11.2. The molecular weight excluding hydrogens is 218 g/mol. The maximum Gasteiger partial charge on any atom is 0.308 e. The number of likely N-dealkylation sites (tertiary alicyclic amines) is 1. The van der Waals surface area contributed by atoms with Crippen molar-refractivity contribution in [1.29, 1.82) is 0 Å². The molecule has 0 bridgehead atoms. The molecule has 0 aromatic heterocycles. The largest absolute Gasteiger partial charge is 0.466 e. The van der Waals surface area contributed by atoms with Gasteiger partial charge in [-0.2, -0.15) is 0 Å². The van der Waals surface area contributed by atoms with Crippen LogP contribution in [-0.4, -0.2) is 47.3 Å². The molecule has 100 valence electrons. The minimum Gasteiger partial charge on any atom is -0.466 e. The lowest BCUT2D eigenvalue weighted by Crippen LogP contribution is -2.36. The van der Waals surface area contributed by atoms with Gasteiger partial charge in [0, 0.05) is 12.6 Å². The lowest BCUT2D eigenvalue weighted by Gasteiger charge is -2.27. The van der Waals surface area contributed by atoms with E-state index in [4.69, 9.17) is 4.74 Å². The predicted molar refractivity (Wildman–Crippen MR) is 66.8 cm³/mol. The summed E-state index contributed by atoms with van der Waals surface area (Å²) in [6.45, 7) is 8.35. The molecule has 0 amide bonds. The van der Waals surface area contributed by atoms with Crippen molar-refractivity contribution in [2.45, 2.75) is 58.1 Å². The van der Waals surface area contributed by atoms with E-state index >= 15 is 0 Å². The van der Waals surface area contributed by atoms with Crippen molar-refractivity contribution >= 4 is 5.97 Å². The summed E-state index contributed by atoms with van der Waals surface area (Å²) in [5.74, 6) is -0.284. The van der Waals surface area contributed by atoms with Crippen LogP contribution in [-0.2, 0) is 9.53 Å². The van der Waals surface area contributed by atoms with Crippen LogP contribution in [0, 0.1) is 0 Å². The van der Waals surface area contributed by atoms with Crippen molar-refractivity contribution in [3.05, 3.63) is 0 Å². The highest BCUT2D eigenvalue weighted by Crippen LogP contribution is 2.26. The first-order valence-electron chi connectivity index (χ1n) is 6.59. The SMILES string of the molecule is CCOC(=O)CC1(O)CCCN(C(C)C)CC1. The Morgan fingerprint density at radius 1 is 1.41 bits per heavy atom. The Hall–Kier alpha value is -0.610. The summed E-state index contributed by atoms with van der Waals surface area (Å²) < 4.78 is 4.91. The Bertz CT molecular complexity index is 255. The number of ether oxygens (including phenoxy) is 1. The minimum atomic E-state index is -0.865. The Balaban J connectivity index is 2.50. The van der Waals surface area contributed by atoms with E-state index in [0.29, 0.717) is 25.5 Å². The van der Waals surface area contributed by atoms with Gasteiger partial charge in [-0.05, 0) is 46.6 Å². The summed E-state index contributed by atoms with van der Waals surface area (Å²) in [4.78, 5) is 13.8. The third kappa shape index (κ3) is 4.64. The molecule has 4 nitrogen and oxygen atoms in total. The highest BCUT2D eigenvalue weighted by atomic mass is 16.5. The second-order valence-corrected chi connectivity index (χ2v) is 5.19. The van der Waals surface area contributed by atoms with Crippen LogP contribution in [0.15, 0.2) is 0 Å². The average Bonchev–Trinajstić information content (AvgIpc) is 2.40. The average molecular weight is 243 g/mol. The summed E-state index contributed by atoms with van der Waals surface area (Å²) in [7, 11) is 0. The van der Waals surface area contributed by atoms with Crippen LogP contribution in [0.2, 0.25) is 0 Å². The van der Waals surface area contributed by atoms with E-state index in [1.807, 2.05) is 0 Å². The molecule has 0 spiro atoms. The molecule has 4 heteroatoms. The van der Waals surface area contributed by atoms with Crippen LogP contribution in [0.5, 0.6) is 0 Å². The molecule has 1 N–H and O–H groups in total. The standard InChI is InChI=1S/C13H25NO3/c1-4-17-12(15)10-13(16)6-5-8-14(9-7-13)11(2)3/h11,16H,4-10H2,1-3H3. The molecule has 1 aliphatic rings. The van der Waals surface area contributed by atoms with Gasteiger partial charge in [-0.3, -0.25) is 4.79 Å². The van der Waals surface area contributed by atoms with Gasteiger partial charge in [0.25, 0.3) is 0 Å². The van der Waals surface area contributed by atoms with E-state index in [9.17, 15) is 9.90 Å². The number of carbonyl (C=O) groups is 1. The second-order valence-electron chi connectivity index (χ2n) is 5.19. The van der Waals surface area contributed by atoms with Crippen LogP contribution in [0.1, 0.15) is 46.5 Å². The monoisotopic (exact) mass is 243 g/mol. The first-order valence-corrected chi connectivity index (χ1v) is 6.59. The third-order valence-corrected chi connectivity index (χ3v) is 3.46. The molecule has 1 unspecified atom stereocenters. The summed E-state index contributed by atoms with van der Waals surface area (Å²) in [5, 5.41) is 10.4. The number of hydrogen-bond acceptors (Lipinski definition) is 4. The van der Waals surface area contributed by atoms with Crippen molar-refractivity contribution in [1.82, 2.24) is 4.90 Å². The van der Waals surface area contributed by atoms with Gasteiger partial charge in [0.15, 0.2) is 0 Å². The molecule has 17 heavy (non-hydrogen) atoms. The highest BCUT2D eigenvalue weighted by Gasteiger charge is 2.33. The second kappa shape index (κ2) is 6.36. The Morgan fingerprint density at radius 3 is 2.71 bits per heavy atom. The molecule has 1 heterocycles. The number of carbonyl (C=O) groups excluding carboxylic acids is 1. The van der Waals surface area contributed by atoms with Gasteiger partial charge in [-0.25, -0.2) is 0 Å². The van der Waals surface area contributed by atoms with Gasteiger partial charge < -0.3 is 14.7 Å². The first-order chi connectivity index (χ1) is 7.97. The maximum absolute atomic E-state index is 11.4. The summed E-state index contributed by atoms with van der Waals surface area (Å²) >= 11 is 0. The first kappa shape index (κ1) is 14.5. The fraction of sp³-hybridized carbons (Fsp3) is 0.923. The number of rotatable bonds is 4. The molecule has 0 aliphatic carbocycles. The molecule has 1 atom stereocenters. The van der Waals surface area contributed by atoms with Gasteiger partial charge >= 0.3 is 5.97 Å². The number of aliphatic hydroxyl groups is 1. The summed E-state index contributed by atoms with van der Waals surface area (Å²) in [5.41, 5.74) is -0.865. The lowest BCUT2D eigenvalue weighted by atomic mass is 9.91. The van der Waals surface area contributed by atoms with Crippen LogP contribution in [0.25, 0.3) is 0 Å². The van der Waals surface area contributed by atoms with E-state index in [1.165, 1.54) is 0 Å². The van der Waals surface area contributed by atoms with Crippen molar-refractivity contribution < 1.29 is 14.6 Å². The van der Waals surface area contributed by atoms with Crippen molar-refractivity contribution in [3.8, 4) is 0 Å². The summed E-state index contributed by atoms with van der Waals surface area (Å²) in [6.07, 6.45) is 2.42. The fourth-order valence-electron chi connectivity index (χ4n) is 2.37. The van der Waals surface area contributed by atoms with Crippen molar-refractivity contribution in [3.63, 3.8) is 0 Å². The molecule has 1 fully saturated rings. The molecule has 0 saturated carbocycles. The minimum absolute atomic E-state index is 0.132. The Labute approximate surface area is 104 Å². The topological polar surface area (TPSA) is 49.8 Å². The maximum atomic E-state index is 11.4. The Morgan fingerprint density at radius 2 is 2.12 bits per heavy atom. The lowest BCUT2D eigenvalue weighted by molar-refractivity contribution is -0.149. The number of nitrogens with zero attached hydrogens (tertiary/aromatic N) is 1. The molecule has 0 radical (unpaired) electrons. The highest BCUT2D eigenvalue weighted by molar-refractivity contribution is 5.70. The van der Waals surface area contributed by atoms with Gasteiger partial charge in [0.05, 0.1) is 18.6 Å². The van der Waals surface area contributed by atoms with Gasteiger partial charge in [0.1, 0.15) is 0 Å². The van der Waals surface area contributed by atoms with E-state index in [2.05, 4.69) is 18.7 Å². The number of hydrogen-bond donors (Lipinski definition) is 1. The molecule has 1 saturated heterocycles. The molecular formula is C13H25NO3. The fourth-order valence-corrected chi connectivity index (χ4v) is 2.37.